The van der Waals surface area contributed by atoms with Gasteiger partial charge in [0.25, 0.3) is 0 Å². The summed E-state index contributed by atoms with van der Waals surface area (Å²) in [6.07, 6.45) is 1.85. The van der Waals surface area contributed by atoms with Crippen molar-refractivity contribution in [1.29, 1.82) is 5.26 Å². The van der Waals surface area contributed by atoms with Gasteiger partial charge >= 0.3 is 0 Å². The van der Waals surface area contributed by atoms with Gasteiger partial charge in [-0.25, -0.2) is 9.97 Å². The van der Waals surface area contributed by atoms with Gasteiger partial charge in [0.2, 0.25) is 0 Å². The molecule has 2 aromatic heterocycles. The summed E-state index contributed by atoms with van der Waals surface area (Å²) in [5.41, 5.74) is 0.290. The number of halogens is 1. The third-order valence-electron chi connectivity index (χ3n) is 3.93. The number of hydrogen-bond donors (Lipinski definition) is 0. The first-order valence-electron chi connectivity index (χ1n) is 7.14. The molecule has 3 heterocycles. The fraction of sp³-hybridized carbons (Fsp3) is 0.400. The van der Waals surface area contributed by atoms with Crippen molar-refractivity contribution in [1.82, 2.24) is 14.9 Å². The van der Waals surface area contributed by atoms with Gasteiger partial charge in [-0.3, -0.25) is 4.90 Å². The van der Waals surface area contributed by atoms with Crippen LogP contribution in [0, 0.1) is 11.3 Å². The van der Waals surface area contributed by atoms with Gasteiger partial charge < -0.3 is 4.90 Å². The minimum absolute atomic E-state index is 0.290. The molecule has 3 rings (SSSR count). The first-order valence-corrected chi connectivity index (χ1v) is 8.40. The van der Waals surface area contributed by atoms with Crippen molar-refractivity contribution in [3.8, 4) is 6.07 Å². The molecule has 5 nitrogen and oxygen atoms in total. The number of hydrogen-bond acceptors (Lipinski definition) is 6. The minimum atomic E-state index is 0.290. The molecule has 1 atom stereocenters. The van der Waals surface area contributed by atoms with Crippen molar-refractivity contribution in [3.63, 3.8) is 0 Å². The smallest absolute Gasteiger partial charge is 0.161 e. The number of nitriles is 1. The Labute approximate surface area is 138 Å². The van der Waals surface area contributed by atoms with Crippen LogP contribution in [0.5, 0.6) is 0 Å². The number of aromatic nitrogens is 2. The van der Waals surface area contributed by atoms with Gasteiger partial charge in [-0.1, -0.05) is 11.6 Å². The molecule has 1 fully saturated rings. The average Bonchev–Trinajstić information content (AvgIpc) is 3.09. The highest BCUT2D eigenvalue weighted by molar-refractivity contribution is 7.09. The summed E-state index contributed by atoms with van der Waals surface area (Å²) in [4.78, 5) is 13.4. The van der Waals surface area contributed by atoms with Gasteiger partial charge in [0.05, 0.1) is 11.1 Å². The second-order valence-electron chi connectivity index (χ2n) is 5.18. The summed E-state index contributed by atoms with van der Waals surface area (Å²) >= 11 is 7.64. The highest BCUT2D eigenvalue weighted by Crippen LogP contribution is 2.25. The standard InChI is InChI=1S/C15H16ClN5S/c1-11(15-18-4-9-22-15)20-5-7-21(8-6-20)14-3-2-12(16)13(10-17)19-14/h2-4,9,11H,5-8H2,1H3. The van der Waals surface area contributed by atoms with E-state index in [1.807, 2.05) is 23.7 Å². The SMILES string of the molecule is CC(c1nccs1)N1CCN(c2ccc(Cl)c(C#N)n2)CC1. The van der Waals surface area contributed by atoms with Crippen LogP contribution in [0.25, 0.3) is 0 Å². The minimum Gasteiger partial charge on any atom is -0.354 e. The van der Waals surface area contributed by atoms with Crippen LogP contribution < -0.4 is 4.90 Å². The Bertz CT molecular complexity index is 674. The number of pyridine rings is 1. The van der Waals surface area contributed by atoms with E-state index in [4.69, 9.17) is 16.9 Å². The number of anilines is 1. The second kappa shape index (κ2) is 6.61. The van der Waals surface area contributed by atoms with Crippen molar-refractivity contribution in [3.05, 3.63) is 39.4 Å². The van der Waals surface area contributed by atoms with E-state index >= 15 is 0 Å². The van der Waals surface area contributed by atoms with E-state index in [9.17, 15) is 0 Å². The van der Waals surface area contributed by atoms with Crippen LogP contribution >= 0.6 is 22.9 Å². The molecule has 1 saturated heterocycles. The maximum absolute atomic E-state index is 9.03. The molecule has 0 aromatic carbocycles. The number of thiazole rings is 1. The van der Waals surface area contributed by atoms with Gasteiger partial charge in [-0.2, -0.15) is 5.26 Å². The fourth-order valence-electron chi connectivity index (χ4n) is 2.62. The van der Waals surface area contributed by atoms with Crippen LogP contribution in [0.3, 0.4) is 0 Å². The molecule has 0 saturated carbocycles. The Morgan fingerprint density at radius 1 is 1.32 bits per heavy atom. The highest BCUT2D eigenvalue weighted by Gasteiger charge is 2.24. The Hall–Kier alpha value is -1.68. The lowest BCUT2D eigenvalue weighted by atomic mass is 10.2. The van der Waals surface area contributed by atoms with E-state index in [2.05, 4.69) is 26.7 Å². The van der Waals surface area contributed by atoms with Crippen molar-refractivity contribution in [2.24, 2.45) is 0 Å². The van der Waals surface area contributed by atoms with E-state index in [0.29, 0.717) is 11.1 Å². The molecule has 0 bridgehead atoms. The third kappa shape index (κ3) is 3.07. The molecule has 2 aromatic rings. The molecule has 0 N–H and O–H groups in total. The van der Waals surface area contributed by atoms with Gasteiger partial charge in [-0.15, -0.1) is 11.3 Å². The summed E-state index contributed by atoms with van der Waals surface area (Å²) in [5, 5.41) is 12.6. The average molecular weight is 334 g/mol. The predicted octanol–water partition coefficient (Wildman–Crippen LogP) is 2.95. The van der Waals surface area contributed by atoms with E-state index in [1.54, 1.807) is 17.4 Å². The normalized spacial score (nSPS) is 17.2. The lowest BCUT2D eigenvalue weighted by Gasteiger charge is -2.38. The van der Waals surface area contributed by atoms with Crippen LogP contribution in [0.15, 0.2) is 23.7 Å². The van der Waals surface area contributed by atoms with Gasteiger partial charge in [0.1, 0.15) is 16.9 Å². The molecule has 1 aliphatic heterocycles. The highest BCUT2D eigenvalue weighted by atomic mass is 35.5. The number of piperazine rings is 1. The third-order valence-corrected chi connectivity index (χ3v) is 5.18. The van der Waals surface area contributed by atoms with Gasteiger partial charge in [0, 0.05) is 37.8 Å². The lowest BCUT2D eigenvalue weighted by molar-refractivity contribution is 0.198. The van der Waals surface area contributed by atoms with Crippen LogP contribution in [0.4, 0.5) is 5.82 Å². The van der Waals surface area contributed by atoms with E-state index < -0.39 is 0 Å². The van der Waals surface area contributed by atoms with Crippen molar-refractivity contribution in [2.45, 2.75) is 13.0 Å². The zero-order valence-corrected chi connectivity index (χ0v) is 13.8. The van der Waals surface area contributed by atoms with Gasteiger partial charge in [-0.05, 0) is 19.1 Å². The van der Waals surface area contributed by atoms with E-state index in [1.165, 1.54) is 0 Å². The second-order valence-corrected chi connectivity index (χ2v) is 6.51. The molecule has 0 spiro atoms. The first-order chi connectivity index (χ1) is 10.7. The maximum atomic E-state index is 9.03. The van der Waals surface area contributed by atoms with Crippen LogP contribution in [-0.2, 0) is 0 Å². The maximum Gasteiger partial charge on any atom is 0.161 e. The largest absolute Gasteiger partial charge is 0.354 e. The first kappa shape index (κ1) is 15.2. The molecule has 114 valence electrons. The molecule has 22 heavy (non-hydrogen) atoms. The Morgan fingerprint density at radius 2 is 2.09 bits per heavy atom. The molecular weight excluding hydrogens is 318 g/mol. The Kier molecular flexibility index (Phi) is 4.57. The van der Waals surface area contributed by atoms with Crippen LogP contribution in [-0.4, -0.2) is 41.0 Å². The lowest BCUT2D eigenvalue weighted by Crippen LogP contribution is -2.47. The molecule has 0 radical (unpaired) electrons. The zero-order chi connectivity index (χ0) is 15.5. The topological polar surface area (TPSA) is 56.1 Å². The van der Waals surface area contributed by atoms with Gasteiger partial charge in [0.15, 0.2) is 5.69 Å². The summed E-state index contributed by atoms with van der Waals surface area (Å²) in [7, 11) is 0. The van der Waals surface area contributed by atoms with Crippen LogP contribution in [0.2, 0.25) is 5.02 Å². The molecule has 0 amide bonds. The summed E-state index contributed by atoms with van der Waals surface area (Å²) < 4.78 is 0. The monoisotopic (exact) mass is 333 g/mol. The van der Waals surface area contributed by atoms with Crippen molar-refractivity contribution < 1.29 is 0 Å². The van der Waals surface area contributed by atoms with Crippen LogP contribution in [0.1, 0.15) is 23.7 Å². The van der Waals surface area contributed by atoms with E-state index in [0.717, 1.165) is 37.0 Å². The molecule has 0 aliphatic carbocycles. The molecule has 1 unspecified atom stereocenters. The van der Waals surface area contributed by atoms with Crippen molar-refractivity contribution >= 4 is 28.8 Å². The number of nitrogens with zero attached hydrogens (tertiary/aromatic N) is 5. The zero-order valence-electron chi connectivity index (χ0n) is 12.2. The molecular formula is C15H16ClN5S. The Morgan fingerprint density at radius 3 is 2.73 bits per heavy atom. The molecule has 1 aliphatic rings. The van der Waals surface area contributed by atoms with Crippen molar-refractivity contribution in [2.75, 3.05) is 31.1 Å². The quantitative estimate of drug-likeness (QED) is 0.864. The van der Waals surface area contributed by atoms with E-state index in [-0.39, 0.29) is 5.69 Å². The predicted molar refractivity (Wildman–Crippen MR) is 88.3 cm³/mol. The summed E-state index contributed by atoms with van der Waals surface area (Å²) in [6.45, 7) is 5.87. The summed E-state index contributed by atoms with van der Waals surface area (Å²) in [6, 6.07) is 6.00. The fourth-order valence-corrected chi connectivity index (χ4v) is 3.50. The Balaban J connectivity index is 1.66. The number of rotatable bonds is 3. The molecule has 7 heteroatoms. The summed E-state index contributed by atoms with van der Waals surface area (Å²) in [5.74, 6) is 0.822.